The quantitative estimate of drug-likeness (QED) is 0.757. The second kappa shape index (κ2) is 7.68. The number of carbonyl (C=O) groups excluding carboxylic acids is 2. The topological polar surface area (TPSA) is 98.2 Å². The van der Waals surface area contributed by atoms with E-state index in [1.807, 2.05) is 24.3 Å². The normalized spacial score (nSPS) is 20.8. The predicted molar refractivity (Wildman–Crippen MR) is 111 cm³/mol. The van der Waals surface area contributed by atoms with Crippen LogP contribution in [0.2, 0.25) is 0 Å². The van der Waals surface area contributed by atoms with Crippen molar-refractivity contribution in [2.24, 2.45) is 5.10 Å². The number of carbonyl (C=O) groups is 2. The molecule has 30 heavy (non-hydrogen) atoms. The molecule has 2 aromatic carbocycles. The molecule has 9 heteroatoms. The molecule has 1 aliphatic carbocycles. The third-order valence-electron chi connectivity index (χ3n) is 5.41. The van der Waals surface area contributed by atoms with Gasteiger partial charge in [0, 0.05) is 16.3 Å². The van der Waals surface area contributed by atoms with Crippen LogP contribution < -0.4 is 24.9 Å². The lowest BCUT2D eigenvalue weighted by Gasteiger charge is -2.25. The van der Waals surface area contributed by atoms with Crippen LogP contribution in [-0.4, -0.2) is 39.7 Å². The van der Waals surface area contributed by atoms with Crippen LogP contribution in [0.1, 0.15) is 29.2 Å². The van der Waals surface area contributed by atoms with Crippen LogP contribution in [0.3, 0.4) is 0 Å². The van der Waals surface area contributed by atoms with Gasteiger partial charge in [-0.1, -0.05) is 18.2 Å². The first-order chi connectivity index (χ1) is 14.5. The molecule has 0 fully saturated rings. The van der Waals surface area contributed by atoms with Gasteiger partial charge in [0.1, 0.15) is 6.21 Å². The Morgan fingerprint density at radius 1 is 1.10 bits per heavy atom. The van der Waals surface area contributed by atoms with Crippen LogP contribution in [0.5, 0.6) is 11.5 Å². The third-order valence-corrected chi connectivity index (χ3v) is 5.41. The number of ether oxygens (including phenoxy) is 3. The monoisotopic (exact) mass is 411 g/mol. The Bertz CT molecular complexity index is 1040. The summed E-state index contributed by atoms with van der Waals surface area (Å²) in [5, 5.41) is 7.19. The number of hydrogen-bond donors (Lipinski definition) is 2. The molecule has 9 nitrogen and oxygen atoms in total. The molecule has 1 heterocycles. The average molecular weight is 411 g/mol. The number of amides is 3. The van der Waals surface area contributed by atoms with E-state index in [1.54, 1.807) is 26.4 Å². The zero-order valence-electron chi connectivity index (χ0n) is 17.0. The lowest BCUT2D eigenvalue weighted by atomic mass is 10.1. The van der Waals surface area contributed by atoms with Crippen molar-refractivity contribution in [3.8, 4) is 11.5 Å². The Kier molecular flexibility index (Phi) is 5.04. The number of nitrogens with one attached hydrogen (secondary N) is 2. The molecule has 4 rings (SSSR count). The van der Waals surface area contributed by atoms with Gasteiger partial charge in [0.25, 0.3) is 0 Å². The Balaban J connectivity index is 1.58. The molecule has 156 valence electrons. The van der Waals surface area contributed by atoms with Crippen LogP contribution in [0.15, 0.2) is 41.5 Å². The smallest absolute Gasteiger partial charge is 0.493 e. The Hall–Kier alpha value is -3.59. The fraction of sp³-hybridized carbons (Fsp3) is 0.286. The van der Waals surface area contributed by atoms with E-state index in [0.717, 1.165) is 23.1 Å². The van der Waals surface area contributed by atoms with Crippen LogP contribution in [0.25, 0.3) is 0 Å². The van der Waals surface area contributed by atoms with Gasteiger partial charge in [-0.05, 0) is 35.6 Å². The summed E-state index contributed by atoms with van der Waals surface area (Å²) in [6.45, 7) is 0. The van der Waals surface area contributed by atoms with Crippen molar-refractivity contribution < 1.29 is 23.8 Å². The number of para-hydroxylation sites is 1. The first-order valence-corrected chi connectivity index (χ1v) is 9.49. The summed E-state index contributed by atoms with van der Waals surface area (Å²) in [6.07, 6.45) is 2.25. The highest BCUT2D eigenvalue weighted by atomic mass is 16.6. The SMILES string of the molecule is COC(=O)[N+]1(NC(=O)NC2CCc3c2ccc(OC)c3OC)N=Cc2ccccc21. The molecule has 0 aromatic heterocycles. The van der Waals surface area contributed by atoms with Gasteiger partial charge in [-0.3, -0.25) is 0 Å². The Morgan fingerprint density at radius 3 is 2.63 bits per heavy atom. The van der Waals surface area contributed by atoms with E-state index < -0.39 is 16.8 Å². The van der Waals surface area contributed by atoms with E-state index in [0.29, 0.717) is 23.6 Å². The van der Waals surface area contributed by atoms with E-state index in [-0.39, 0.29) is 6.04 Å². The molecule has 0 bridgehead atoms. The van der Waals surface area contributed by atoms with Gasteiger partial charge in [-0.2, -0.15) is 4.79 Å². The fourth-order valence-corrected chi connectivity index (χ4v) is 4.04. The van der Waals surface area contributed by atoms with Gasteiger partial charge in [0.05, 0.1) is 32.9 Å². The van der Waals surface area contributed by atoms with Gasteiger partial charge in [0.2, 0.25) is 5.69 Å². The molecule has 0 radical (unpaired) electrons. The van der Waals surface area contributed by atoms with Crippen LogP contribution >= 0.6 is 0 Å². The maximum atomic E-state index is 12.9. The second-order valence-electron chi connectivity index (χ2n) is 6.95. The molecule has 0 saturated carbocycles. The number of fused-ring (bicyclic) bond motifs is 2. The highest BCUT2D eigenvalue weighted by Gasteiger charge is 2.49. The second-order valence-corrected chi connectivity index (χ2v) is 6.95. The van der Waals surface area contributed by atoms with Gasteiger partial charge < -0.3 is 19.5 Å². The van der Waals surface area contributed by atoms with Gasteiger partial charge in [0.15, 0.2) is 11.5 Å². The lowest BCUT2D eigenvalue weighted by Crippen LogP contribution is -2.63. The van der Waals surface area contributed by atoms with Gasteiger partial charge >= 0.3 is 12.1 Å². The molecular formula is C21H23N4O5+. The van der Waals surface area contributed by atoms with Crippen LogP contribution in [-0.2, 0) is 11.2 Å². The van der Waals surface area contributed by atoms with E-state index >= 15 is 0 Å². The fourth-order valence-electron chi connectivity index (χ4n) is 4.04. The molecule has 3 amide bonds. The molecule has 2 aliphatic rings. The van der Waals surface area contributed by atoms with Crippen molar-refractivity contribution >= 4 is 24.0 Å². The highest BCUT2D eigenvalue weighted by Crippen LogP contribution is 2.42. The summed E-state index contributed by atoms with van der Waals surface area (Å²) >= 11 is 0. The molecular weight excluding hydrogens is 388 g/mol. The van der Waals surface area contributed by atoms with Crippen molar-refractivity contribution in [1.82, 2.24) is 15.4 Å². The molecule has 0 saturated heterocycles. The standard InChI is InChI=1S/C21H22N4O5/c1-28-18-11-9-14-15(19(18)29-2)8-10-16(14)23-20(26)24-25(21(27)30-3)17-7-5-4-6-13(17)12-22-25/h4-7,9,11-12,16H,8,10H2,1-3H3,(H-,23,24,26)/p+1. The van der Waals surface area contributed by atoms with E-state index in [2.05, 4.69) is 15.8 Å². The molecule has 2 aromatic rings. The molecule has 2 atom stereocenters. The van der Waals surface area contributed by atoms with Crippen LogP contribution in [0.4, 0.5) is 15.3 Å². The Labute approximate surface area is 173 Å². The summed E-state index contributed by atoms with van der Waals surface area (Å²) in [5.74, 6) is 1.33. The van der Waals surface area contributed by atoms with E-state index in [9.17, 15) is 9.59 Å². The maximum Gasteiger partial charge on any atom is 0.575 e. The van der Waals surface area contributed by atoms with Crippen molar-refractivity contribution in [2.75, 3.05) is 21.3 Å². The third kappa shape index (κ3) is 3.03. The molecule has 2 unspecified atom stereocenters. The van der Waals surface area contributed by atoms with Gasteiger partial charge in [-0.25, -0.2) is 4.79 Å². The summed E-state index contributed by atoms with van der Waals surface area (Å²) in [6, 6.07) is 10.1. The molecule has 1 aliphatic heterocycles. The number of rotatable bonds is 3. The van der Waals surface area contributed by atoms with Crippen molar-refractivity contribution in [2.45, 2.75) is 18.9 Å². The number of benzene rings is 2. The summed E-state index contributed by atoms with van der Waals surface area (Å²) in [4.78, 5) is 25.5. The first kappa shape index (κ1) is 19.7. The number of quaternary nitrogens is 1. The van der Waals surface area contributed by atoms with Gasteiger partial charge in [-0.15, -0.1) is 5.43 Å². The number of nitrogens with zero attached hydrogens (tertiary/aromatic N) is 2. The Morgan fingerprint density at radius 2 is 1.90 bits per heavy atom. The summed E-state index contributed by atoms with van der Waals surface area (Å²) < 4.78 is 15.0. The first-order valence-electron chi connectivity index (χ1n) is 9.49. The van der Waals surface area contributed by atoms with Crippen LogP contribution in [0, 0.1) is 0 Å². The van der Waals surface area contributed by atoms with Crippen molar-refractivity contribution in [3.05, 3.63) is 53.1 Å². The summed E-state index contributed by atoms with van der Waals surface area (Å²) in [5.41, 5.74) is 5.87. The minimum Gasteiger partial charge on any atom is -0.493 e. The number of urea groups is 1. The number of hydrogen-bond acceptors (Lipinski definition) is 6. The highest BCUT2D eigenvalue weighted by molar-refractivity contribution is 5.99. The van der Waals surface area contributed by atoms with E-state index in [4.69, 9.17) is 14.2 Å². The maximum absolute atomic E-state index is 12.9. The lowest BCUT2D eigenvalue weighted by molar-refractivity contribution is 0.109. The zero-order valence-corrected chi connectivity index (χ0v) is 17.0. The molecule has 0 spiro atoms. The predicted octanol–water partition coefficient (Wildman–Crippen LogP) is 3.03. The summed E-state index contributed by atoms with van der Waals surface area (Å²) in [7, 11) is 4.44. The van der Waals surface area contributed by atoms with E-state index in [1.165, 1.54) is 13.3 Å². The minimum atomic E-state index is -0.788. The minimum absolute atomic E-state index is 0.237. The average Bonchev–Trinajstić information content (AvgIpc) is 3.35. The molecule has 2 N–H and O–H groups in total. The number of methoxy groups -OCH3 is 3. The largest absolute Gasteiger partial charge is 0.575 e. The van der Waals surface area contributed by atoms with Crippen molar-refractivity contribution in [1.29, 1.82) is 0 Å². The zero-order chi connectivity index (χ0) is 21.3. The van der Waals surface area contributed by atoms with Crippen molar-refractivity contribution in [3.63, 3.8) is 0 Å².